The van der Waals surface area contributed by atoms with E-state index in [2.05, 4.69) is 4.99 Å². The molecule has 1 aromatic carbocycles. The van der Waals surface area contributed by atoms with Gasteiger partial charge in [-0.1, -0.05) is 0 Å². The number of anilines is 2. The van der Waals surface area contributed by atoms with Gasteiger partial charge in [-0.15, -0.1) is 11.3 Å². The minimum Gasteiger partial charge on any atom is -0.374 e. The van der Waals surface area contributed by atoms with Crippen molar-refractivity contribution in [2.24, 2.45) is 4.99 Å². The van der Waals surface area contributed by atoms with Gasteiger partial charge >= 0.3 is 0 Å². The molecule has 7 nitrogen and oxygen atoms in total. The summed E-state index contributed by atoms with van der Waals surface area (Å²) in [6.07, 6.45) is 0.272. The summed E-state index contributed by atoms with van der Waals surface area (Å²) in [7, 11) is -1.23. The summed E-state index contributed by atoms with van der Waals surface area (Å²) in [5, 5.41) is 13.3. The number of ketones is 1. The van der Waals surface area contributed by atoms with Crippen LogP contribution in [0.2, 0.25) is 0 Å². The molecule has 9 heteroatoms. The largest absolute Gasteiger partial charge is 0.374 e. The van der Waals surface area contributed by atoms with Gasteiger partial charge in [0.15, 0.2) is 11.4 Å². The number of fused-ring (bicyclic) bond motifs is 2. The molecule has 0 aliphatic carbocycles. The molecule has 2 aromatic rings. The topological polar surface area (TPSA) is 90.3 Å². The van der Waals surface area contributed by atoms with Gasteiger partial charge in [-0.05, 0) is 35.7 Å². The molecule has 0 spiro atoms. The summed E-state index contributed by atoms with van der Waals surface area (Å²) < 4.78 is 23.3. The average Bonchev–Trinajstić information content (AvgIpc) is 3.20. The first-order valence-electron chi connectivity index (χ1n) is 7.61. The van der Waals surface area contributed by atoms with E-state index in [0.717, 1.165) is 9.99 Å². The number of aliphatic imine (C=N–C) groups is 1. The molecule has 1 atom stereocenters. The van der Waals surface area contributed by atoms with Crippen LogP contribution in [0.1, 0.15) is 16.8 Å². The molecule has 0 bridgehead atoms. The molecule has 0 radical (unpaired) electrons. The van der Waals surface area contributed by atoms with Gasteiger partial charge < -0.3 is 10.0 Å². The third kappa shape index (κ3) is 2.38. The lowest BCUT2D eigenvalue weighted by molar-refractivity contribution is 0.0603. The van der Waals surface area contributed by atoms with Crippen LogP contribution in [0.15, 0.2) is 40.7 Å². The molecular formula is C16H15N3O4S2. The summed E-state index contributed by atoms with van der Waals surface area (Å²) in [6, 6.07) is 8.57. The summed E-state index contributed by atoms with van der Waals surface area (Å²) in [5.41, 5.74) is 0.161. The van der Waals surface area contributed by atoms with Crippen molar-refractivity contribution in [2.45, 2.75) is 12.0 Å². The monoisotopic (exact) mass is 377 g/mol. The number of nitrogens with zero attached hydrogens (tertiary/aromatic N) is 3. The maximum Gasteiger partial charge on any atom is 0.224 e. The van der Waals surface area contributed by atoms with Crippen LogP contribution in [-0.2, 0) is 10.9 Å². The fraction of sp³-hybridized carbons (Fsp3) is 0.250. The number of rotatable bonds is 3. The molecule has 1 fully saturated rings. The van der Waals surface area contributed by atoms with Crippen LogP contribution in [0, 0.1) is 0 Å². The summed E-state index contributed by atoms with van der Waals surface area (Å²) in [6.45, 7) is 0.459. The highest BCUT2D eigenvalue weighted by molar-refractivity contribution is 7.74. The zero-order valence-corrected chi connectivity index (χ0v) is 15.0. The Balaban J connectivity index is 1.72. The molecule has 130 valence electrons. The number of Topliss-reactive ketones (excluding diaryl/α,β-unsaturated/α-hetero) is 1. The summed E-state index contributed by atoms with van der Waals surface area (Å²) in [4.78, 5) is 19.0. The van der Waals surface area contributed by atoms with Crippen LogP contribution in [0.4, 0.5) is 16.4 Å². The fourth-order valence-electron chi connectivity index (χ4n) is 3.16. The quantitative estimate of drug-likeness (QED) is 0.793. The summed E-state index contributed by atoms with van der Waals surface area (Å²) in [5.74, 6) is 0.0272. The molecule has 2 aliphatic rings. The van der Waals surface area contributed by atoms with Crippen molar-refractivity contribution in [3.63, 3.8) is 0 Å². The SMILES string of the molecule is CN(c1ccc(N2CCC3(O)C(=O)c4ccsc4N=C23)cc1)[SH](=O)=O. The van der Waals surface area contributed by atoms with Gasteiger partial charge in [0, 0.05) is 25.7 Å². The molecule has 4 rings (SSSR count). The lowest BCUT2D eigenvalue weighted by Gasteiger charge is -2.28. The van der Waals surface area contributed by atoms with Crippen LogP contribution in [0.25, 0.3) is 0 Å². The number of thiol groups is 1. The zero-order valence-electron chi connectivity index (χ0n) is 13.2. The lowest BCUT2D eigenvalue weighted by Crippen LogP contribution is -2.48. The Morgan fingerprint density at radius 1 is 1.28 bits per heavy atom. The number of benzene rings is 1. The van der Waals surface area contributed by atoms with Crippen molar-refractivity contribution < 1.29 is 18.3 Å². The Bertz CT molecular complexity index is 956. The highest BCUT2D eigenvalue weighted by Gasteiger charge is 2.52. The molecule has 25 heavy (non-hydrogen) atoms. The van der Waals surface area contributed by atoms with Crippen molar-refractivity contribution >= 4 is 50.2 Å². The van der Waals surface area contributed by atoms with Crippen molar-refractivity contribution in [2.75, 3.05) is 22.8 Å². The molecule has 1 aromatic heterocycles. The van der Waals surface area contributed by atoms with E-state index in [4.69, 9.17) is 0 Å². The third-order valence-electron chi connectivity index (χ3n) is 4.58. The van der Waals surface area contributed by atoms with E-state index in [1.165, 1.54) is 18.4 Å². The third-order valence-corrected chi connectivity index (χ3v) is 6.10. The molecule has 0 saturated carbocycles. The fourth-order valence-corrected chi connectivity index (χ4v) is 4.24. The minimum atomic E-state index is -2.70. The maximum atomic E-state index is 12.7. The van der Waals surface area contributed by atoms with Crippen LogP contribution < -0.4 is 9.21 Å². The van der Waals surface area contributed by atoms with E-state index in [0.29, 0.717) is 28.6 Å². The Morgan fingerprint density at radius 2 is 2.00 bits per heavy atom. The normalized spacial score (nSPS) is 22.0. The van der Waals surface area contributed by atoms with Gasteiger partial charge in [-0.3, -0.25) is 9.10 Å². The maximum absolute atomic E-state index is 12.7. The average molecular weight is 377 g/mol. The molecule has 1 unspecified atom stereocenters. The first-order valence-corrected chi connectivity index (χ1v) is 9.62. The van der Waals surface area contributed by atoms with E-state index < -0.39 is 16.5 Å². The molecule has 2 aliphatic heterocycles. The van der Waals surface area contributed by atoms with Gasteiger partial charge in [-0.2, -0.15) is 0 Å². The van der Waals surface area contributed by atoms with Crippen molar-refractivity contribution in [1.82, 2.24) is 0 Å². The predicted octanol–water partition coefficient (Wildman–Crippen LogP) is 1.58. The second-order valence-corrected chi connectivity index (χ2v) is 7.91. The molecule has 0 amide bonds. The lowest BCUT2D eigenvalue weighted by atomic mass is 9.90. The van der Waals surface area contributed by atoms with Crippen molar-refractivity contribution in [3.8, 4) is 0 Å². The highest BCUT2D eigenvalue weighted by Crippen LogP contribution is 2.41. The highest BCUT2D eigenvalue weighted by atomic mass is 32.2. The Hall–Kier alpha value is -2.23. The van der Waals surface area contributed by atoms with E-state index >= 15 is 0 Å². The number of carbonyl (C=O) groups excluding carboxylic acids is 1. The van der Waals surface area contributed by atoms with Gasteiger partial charge in [-0.25, -0.2) is 13.4 Å². The molecule has 1 N–H and O–H groups in total. The second-order valence-electron chi connectivity index (χ2n) is 5.94. The zero-order chi connectivity index (χ0) is 17.8. The predicted molar refractivity (Wildman–Crippen MR) is 97.8 cm³/mol. The second kappa shape index (κ2) is 5.65. The number of carbonyl (C=O) groups is 1. The van der Waals surface area contributed by atoms with Gasteiger partial charge in [0.2, 0.25) is 16.7 Å². The smallest absolute Gasteiger partial charge is 0.224 e. The number of amidine groups is 1. The standard InChI is InChI=1S/C16H15N3O4S2/c1-18(25(22)23)10-2-4-11(5-3-10)19-8-7-16(21)13(20)12-6-9-24-14(12)17-15(16)19/h2-6,9,21,25H,7-8H2,1H3. The first-order chi connectivity index (χ1) is 11.9. The Morgan fingerprint density at radius 3 is 2.68 bits per heavy atom. The van der Waals surface area contributed by atoms with Gasteiger partial charge in [0.25, 0.3) is 0 Å². The van der Waals surface area contributed by atoms with Crippen molar-refractivity contribution in [3.05, 3.63) is 41.3 Å². The van der Waals surface area contributed by atoms with Crippen LogP contribution in [-0.4, -0.2) is 44.3 Å². The van der Waals surface area contributed by atoms with Crippen molar-refractivity contribution in [1.29, 1.82) is 0 Å². The van der Waals surface area contributed by atoms with Gasteiger partial charge in [0.1, 0.15) is 5.00 Å². The van der Waals surface area contributed by atoms with Gasteiger partial charge in [0.05, 0.1) is 11.3 Å². The number of aliphatic hydroxyl groups is 1. The number of hydrogen-bond acceptors (Lipinski definition) is 7. The molecule has 1 saturated heterocycles. The van der Waals surface area contributed by atoms with Crippen LogP contribution in [0.3, 0.4) is 0 Å². The van der Waals surface area contributed by atoms with Crippen LogP contribution >= 0.6 is 11.3 Å². The summed E-state index contributed by atoms with van der Waals surface area (Å²) >= 11 is 1.36. The van der Waals surface area contributed by atoms with E-state index in [-0.39, 0.29) is 12.2 Å². The molecule has 3 heterocycles. The van der Waals surface area contributed by atoms with Crippen LogP contribution in [0.5, 0.6) is 0 Å². The van der Waals surface area contributed by atoms with E-state index in [1.54, 1.807) is 35.7 Å². The minimum absolute atomic E-state index is 0.272. The Labute approximate surface area is 149 Å². The number of thiophene rings is 1. The number of hydrogen-bond donors (Lipinski definition) is 2. The Kier molecular flexibility index (Phi) is 3.67. The van der Waals surface area contributed by atoms with E-state index in [9.17, 15) is 18.3 Å². The van der Waals surface area contributed by atoms with E-state index in [1.807, 2.05) is 4.90 Å². The molecular weight excluding hydrogens is 362 g/mol. The first kappa shape index (κ1) is 16.2.